The summed E-state index contributed by atoms with van der Waals surface area (Å²) in [5.41, 5.74) is 1.41. The second-order valence-corrected chi connectivity index (χ2v) is 4.63. The summed E-state index contributed by atoms with van der Waals surface area (Å²) in [5, 5.41) is 0. The predicted octanol–water partition coefficient (Wildman–Crippen LogP) is 3.07. The summed E-state index contributed by atoms with van der Waals surface area (Å²) in [4.78, 5) is 3.71. The lowest BCUT2D eigenvalue weighted by molar-refractivity contribution is 0.391. The lowest BCUT2D eigenvalue weighted by atomic mass is 10.2. The van der Waals surface area contributed by atoms with Crippen molar-refractivity contribution in [1.82, 2.24) is 4.90 Å². The third-order valence-electron chi connectivity index (χ3n) is 2.23. The largest absolute Gasteiger partial charge is 0.301 e. The zero-order valence-electron chi connectivity index (χ0n) is 9.12. The molecule has 2 heteroatoms. The Morgan fingerprint density at radius 1 is 1.57 bits per heavy atom. The first-order valence-electron chi connectivity index (χ1n) is 5.11. The minimum atomic E-state index is 1.05. The standard InChI is InChI=1S/C12H19NS/c1-4-6-7-11-10-13(3)8-9-14-12(11)5-2/h5-7H,2,4,8-10H2,1,3H3/b7-6-. The van der Waals surface area contributed by atoms with Crippen molar-refractivity contribution in [1.29, 1.82) is 0 Å². The van der Waals surface area contributed by atoms with Crippen molar-refractivity contribution < 1.29 is 0 Å². The van der Waals surface area contributed by atoms with Crippen LogP contribution in [0.25, 0.3) is 0 Å². The molecule has 0 atom stereocenters. The van der Waals surface area contributed by atoms with Crippen molar-refractivity contribution in [2.24, 2.45) is 0 Å². The van der Waals surface area contributed by atoms with E-state index in [0.717, 1.165) is 19.5 Å². The van der Waals surface area contributed by atoms with E-state index < -0.39 is 0 Å². The van der Waals surface area contributed by atoms with Crippen LogP contribution in [0.4, 0.5) is 0 Å². The second-order valence-electron chi connectivity index (χ2n) is 3.49. The SMILES string of the molecule is C=CC1=C(/C=C\CC)CN(C)CCS1. The molecule has 1 rings (SSSR count). The highest BCUT2D eigenvalue weighted by Gasteiger charge is 2.10. The number of allylic oxidation sites excluding steroid dienone is 2. The van der Waals surface area contributed by atoms with E-state index in [2.05, 4.69) is 37.6 Å². The van der Waals surface area contributed by atoms with E-state index >= 15 is 0 Å². The first kappa shape index (κ1) is 11.6. The van der Waals surface area contributed by atoms with Gasteiger partial charge in [0.05, 0.1) is 0 Å². The van der Waals surface area contributed by atoms with E-state index in [9.17, 15) is 0 Å². The molecule has 0 spiro atoms. The number of hydrogen-bond acceptors (Lipinski definition) is 2. The van der Waals surface area contributed by atoms with Gasteiger partial charge in [-0.2, -0.15) is 0 Å². The van der Waals surface area contributed by atoms with Gasteiger partial charge in [0.1, 0.15) is 0 Å². The van der Waals surface area contributed by atoms with Crippen molar-refractivity contribution in [2.45, 2.75) is 13.3 Å². The van der Waals surface area contributed by atoms with Crippen LogP contribution < -0.4 is 0 Å². The van der Waals surface area contributed by atoms with Crippen LogP contribution in [-0.2, 0) is 0 Å². The number of rotatable bonds is 3. The zero-order chi connectivity index (χ0) is 10.4. The second kappa shape index (κ2) is 6.10. The van der Waals surface area contributed by atoms with Crippen molar-refractivity contribution in [2.75, 3.05) is 25.9 Å². The minimum absolute atomic E-state index is 1.05. The topological polar surface area (TPSA) is 3.24 Å². The number of thioether (sulfide) groups is 1. The van der Waals surface area contributed by atoms with Gasteiger partial charge in [-0.3, -0.25) is 0 Å². The molecule has 0 saturated heterocycles. The summed E-state index contributed by atoms with van der Waals surface area (Å²) >= 11 is 1.91. The molecule has 1 aliphatic heterocycles. The van der Waals surface area contributed by atoms with Crippen molar-refractivity contribution >= 4 is 11.8 Å². The number of nitrogens with zero attached hydrogens (tertiary/aromatic N) is 1. The predicted molar refractivity (Wildman–Crippen MR) is 66.6 cm³/mol. The Balaban J connectivity index is 2.82. The molecule has 78 valence electrons. The lowest BCUT2D eigenvalue weighted by Crippen LogP contribution is -2.21. The van der Waals surface area contributed by atoms with Gasteiger partial charge in [0, 0.05) is 23.7 Å². The molecule has 1 heterocycles. The van der Waals surface area contributed by atoms with Gasteiger partial charge in [0.25, 0.3) is 0 Å². The highest BCUT2D eigenvalue weighted by molar-refractivity contribution is 8.03. The van der Waals surface area contributed by atoms with E-state index in [1.807, 2.05) is 17.8 Å². The van der Waals surface area contributed by atoms with Gasteiger partial charge in [-0.05, 0) is 19.0 Å². The fourth-order valence-electron chi connectivity index (χ4n) is 1.44. The fraction of sp³-hybridized carbons (Fsp3) is 0.500. The average molecular weight is 209 g/mol. The summed E-state index contributed by atoms with van der Waals surface area (Å²) in [6, 6.07) is 0. The molecular formula is C12H19NS. The Morgan fingerprint density at radius 2 is 2.36 bits per heavy atom. The Bertz CT molecular complexity index is 253. The van der Waals surface area contributed by atoms with Gasteiger partial charge in [-0.25, -0.2) is 0 Å². The summed E-state index contributed by atoms with van der Waals surface area (Å²) in [5.74, 6) is 1.17. The van der Waals surface area contributed by atoms with Crippen LogP contribution in [0.5, 0.6) is 0 Å². The quantitative estimate of drug-likeness (QED) is 0.703. The molecule has 0 aromatic rings. The summed E-state index contributed by atoms with van der Waals surface area (Å²) < 4.78 is 0. The molecule has 0 radical (unpaired) electrons. The van der Waals surface area contributed by atoms with E-state index in [1.54, 1.807) is 0 Å². The van der Waals surface area contributed by atoms with Gasteiger partial charge in [-0.1, -0.05) is 31.7 Å². The molecule has 0 aromatic heterocycles. The molecule has 0 aromatic carbocycles. The molecule has 0 unspecified atom stereocenters. The minimum Gasteiger partial charge on any atom is -0.301 e. The molecule has 0 amide bonds. The van der Waals surface area contributed by atoms with Gasteiger partial charge < -0.3 is 4.90 Å². The van der Waals surface area contributed by atoms with Crippen LogP contribution in [0.2, 0.25) is 0 Å². The summed E-state index contributed by atoms with van der Waals surface area (Å²) in [7, 11) is 2.17. The van der Waals surface area contributed by atoms with Gasteiger partial charge in [0.15, 0.2) is 0 Å². The maximum atomic E-state index is 3.88. The molecule has 1 aliphatic rings. The van der Waals surface area contributed by atoms with Crippen LogP contribution in [-0.4, -0.2) is 30.8 Å². The van der Waals surface area contributed by atoms with E-state index in [4.69, 9.17) is 0 Å². The van der Waals surface area contributed by atoms with Gasteiger partial charge in [-0.15, -0.1) is 11.8 Å². The van der Waals surface area contributed by atoms with Gasteiger partial charge in [0.2, 0.25) is 0 Å². The maximum absolute atomic E-state index is 3.88. The molecular weight excluding hydrogens is 190 g/mol. The third kappa shape index (κ3) is 3.35. The Morgan fingerprint density at radius 3 is 3.00 bits per heavy atom. The highest BCUT2D eigenvalue weighted by atomic mass is 32.2. The van der Waals surface area contributed by atoms with Gasteiger partial charge >= 0.3 is 0 Å². The molecule has 0 saturated carbocycles. The summed E-state index contributed by atoms with van der Waals surface area (Å²) in [6.07, 6.45) is 7.55. The van der Waals surface area contributed by atoms with Crippen molar-refractivity contribution in [3.05, 3.63) is 35.3 Å². The van der Waals surface area contributed by atoms with Crippen molar-refractivity contribution in [3.8, 4) is 0 Å². The first-order valence-corrected chi connectivity index (χ1v) is 6.10. The van der Waals surface area contributed by atoms with Crippen LogP contribution in [0.15, 0.2) is 35.3 Å². The van der Waals surface area contributed by atoms with Crippen LogP contribution in [0, 0.1) is 0 Å². The lowest BCUT2D eigenvalue weighted by Gasteiger charge is -2.13. The van der Waals surface area contributed by atoms with E-state index in [1.165, 1.54) is 16.2 Å². The van der Waals surface area contributed by atoms with Crippen LogP contribution in [0.3, 0.4) is 0 Å². The Labute approximate surface area is 91.6 Å². The van der Waals surface area contributed by atoms with E-state index in [0.29, 0.717) is 0 Å². The maximum Gasteiger partial charge on any atom is 0.0242 e. The number of likely N-dealkylation sites (N-methyl/N-ethyl adjacent to an activating group) is 1. The first-order chi connectivity index (χ1) is 6.77. The van der Waals surface area contributed by atoms with Crippen molar-refractivity contribution in [3.63, 3.8) is 0 Å². The average Bonchev–Trinajstić information content (AvgIpc) is 2.36. The molecule has 0 aliphatic carbocycles. The molecule has 0 N–H and O–H groups in total. The molecule has 1 nitrogen and oxygen atoms in total. The van der Waals surface area contributed by atoms with Crippen LogP contribution >= 0.6 is 11.8 Å². The molecule has 0 fully saturated rings. The molecule has 14 heavy (non-hydrogen) atoms. The third-order valence-corrected chi connectivity index (χ3v) is 3.35. The monoisotopic (exact) mass is 209 g/mol. The smallest absolute Gasteiger partial charge is 0.0242 e. The summed E-state index contributed by atoms with van der Waals surface area (Å²) in [6.45, 7) is 8.25. The number of hydrogen-bond donors (Lipinski definition) is 0. The van der Waals surface area contributed by atoms with Crippen LogP contribution in [0.1, 0.15) is 13.3 Å². The molecule has 0 bridgehead atoms. The highest BCUT2D eigenvalue weighted by Crippen LogP contribution is 2.25. The fourth-order valence-corrected chi connectivity index (χ4v) is 2.50. The normalized spacial score (nSPS) is 20.1. The zero-order valence-corrected chi connectivity index (χ0v) is 9.94. The Hall–Kier alpha value is -0.470. The Kier molecular flexibility index (Phi) is 5.05. The van der Waals surface area contributed by atoms with E-state index in [-0.39, 0.29) is 0 Å².